The van der Waals surface area contributed by atoms with Crippen molar-refractivity contribution in [3.8, 4) is 134 Å². The van der Waals surface area contributed by atoms with Gasteiger partial charge in [-0.15, -0.1) is 0 Å². The molecular formula is C144H96N6. The number of rotatable bonds is 15. The van der Waals surface area contributed by atoms with Crippen LogP contribution in [0, 0.1) is 0 Å². The highest BCUT2D eigenvalue weighted by Gasteiger charge is 2.28. The van der Waals surface area contributed by atoms with Crippen molar-refractivity contribution in [1.82, 2.24) is 27.4 Å². The van der Waals surface area contributed by atoms with Crippen molar-refractivity contribution < 1.29 is 0 Å². The molecule has 0 spiro atoms. The number of aromatic nitrogens is 6. The normalized spacial score (nSPS) is 11.6. The maximum Gasteiger partial charge on any atom is 0.0548 e. The Kier molecular flexibility index (Phi) is 21.9. The molecule has 6 aromatic heterocycles. The second-order valence-corrected chi connectivity index (χ2v) is 38.9. The van der Waals surface area contributed by atoms with Crippen LogP contribution in [0.1, 0.15) is 0 Å². The molecular weight excluding hydrogens is 1810 g/mol. The van der Waals surface area contributed by atoms with Crippen LogP contribution in [0.25, 0.3) is 265 Å². The van der Waals surface area contributed by atoms with E-state index in [1.54, 1.807) is 0 Å². The van der Waals surface area contributed by atoms with E-state index in [9.17, 15) is 0 Å². The van der Waals surface area contributed by atoms with E-state index in [0.29, 0.717) is 0 Å². The summed E-state index contributed by atoms with van der Waals surface area (Å²) in [4.78, 5) is 0. The minimum Gasteiger partial charge on any atom is -0.309 e. The first-order valence-electron chi connectivity index (χ1n) is 51.6. The Bertz CT molecular complexity index is 10300. The van der Waals surface area contributed by atoms with Gasteiger partial charge in [0, 0.05) is 98.8 Å². The van der Waals surface area contributed by atoms with Gasteiger partial charge in [-0.1, -0.05) is 406 Å². The van der Waals surface area contributed by atoms with E-state index in [-0.39, 0.29) is 0 Å². The van der Waals surface area contributed by atoms with Gasteiger partial charge in [-0.25, -0.2) is 0 Å². The van der Waals surface area contributed by atoms with Gasteiger partial charge in [0.05, 0.1) is 66.2 Å². The fraction of sp³-hybridized carbons (Fsp3) is 0. The van der Waals surface area contributed by atoms with Gasteiger partial charge in [0.15, 0.2) is 0 Å². The number of hydrogen-bond acceptors (Lipinski definition) is 0. The topological polar surface area (TPSA) is 29.6 Å². The first kappa shape index (κ1) is 87.8. The lowest BCUT2D eigenvalue weighted by Gasteiger charge is -2.14. The molecule has 6 heteroatoms. The fourth-order valence-electron chi connectivity index (χ4n) is 23.5. The van der Waals surface area contributed by atoms with Gasteiger partial charge in [0.1, 0.15) is 0 Å². The monoisotopic (exact) mass is 1910 g/mol. The Balaban J connectivity index is 0.000000108. The highest BCUT2D eigenvalue weighted by atomic mass is 15.0. The van der Waals surface area contributed by atoms with E-state index in [0.717, 1.165) is 34.1 Å². The molecule has 30 aromatic rings. The molecule has 0 radical (unpaired) electrons. The fourth-order valence-corrected chi connectivity index (χ4v) is 23.5. The molecule has 0 saturated carbocycles. The highest BCUT2D eigenvalue weighted by Crippen LogP contribution is 2.50. The number of nitrogens with zero attached hydrogens (tertiary/aromatic N) is 6. The van der Waals surface area contributed by atoms with Gasteiger partial charge >= 0.3 is 0 Å². The quantitative estimate of drug-likeness (QED) is 0.0979. The lowest BCUT2D eigenvalue weighted by molar-refractivity contribution is 1.17. The predicted molar refractivity (Wildman–Crippen MR) is 634 cm³/mol. The maximum atomic E-state index is 2.47. The summed E-state index contributed by atoms with van der Waals surface area (Å²) in [5, 5.41) is 15.2. The molecule has 6 nitrogen and oxygen atoms in total. The minimum atomic E-state index is 1.15. The summed E-state index contributed by atoms with van der Waals surface area (Å²) in [6.07, 6.45) is 0. The van der Waals surface area contributed by atoms with Crippen molar-refractivity contribution in [3.05, 3.63) is 582 Å². The third-order valence-electron chi connectivity index (χ3n) is 30.3. The first-order valence-corrected chi connectivity index (χ1v) is 51.6. The van der Waals surface area contributed by atoms with Gasteiger partial charge in [0.25, 0.3) is 0 Å². The Hall–Kier alpha value is -19.9. The molecule has 6 heterocycles. The average Bonchev–Trinajstić information content (AvgIpc) is 1.55. The van der Waals surface area contributed by atoms with Crippen molar-refractivity contribution in [2.75, 3.05) is 0 Å². The van der Waals surface area contributed by atoms with Crippen LogP contribution < -0.4 is 0 Å². The van der Waals surface area contributed by atoms with Crippen molar-refractivity contribution in [2.24, 2.45) is 0 Å². The van der Waals surface area contributed by atoms with Gasteiger partial charge in [-0.3, -0.25) is 0 Å². The molecule has 30 rings (SSSR count). The van der Waals surface area contributed by atoms with Crippen molar-refractivity contribution in [3.63, 3.8) is 0 Å². The number of para-hydroxylation sites is 5. The molecule has 0 aliphatic rings. The summed E-state index contributed by atoms with van der Waals surface area (Å²) >= 11 is 0. The average molecular weight is 1910 g/mol. The van der Waals surface area contributed by atoms with Crippen LogP contribution in [-0.4, -0.2) is 27.4 Å². The molecule has 0 amide bonds. The molecule has 0 saturated heterocycles. The van der Waals surface area contributed by atoms with Crippen LogP contribution in [0.4, 0.5) is 0 Å². The Labute approximate surface area is 868 Å². The van der Waals surface area contributed by atoms with Gasteiger partial charge in [-0.2, -0.15) is 0 Å². The van der Waals surface area contributed by atoms with Gasteiger partial charge < -0.3 is 27.4 Å². The third-order valence-corrected chi connectivity index (χ3v) is 30.3. The van der Waals surface area contributed by atoms with Crippen LogP contribution in [0.15, 0.2) is 582 Å². The van der Waals surface area contributed by atoms with Gasteiger partial charge in [0.2, 0.25) is 0 Å². The first-order chi connectivity index (χ1) is 74.4. The maximum absolute atomic E-state index is 2.47. The van der Waals surface area contributed by atoms with Gasteiger partial charge in [-0.05, 0) is 276 Å². The van der Waals surface area contributed by atoms with Crippen molar-refractivity contribution in [1.29, 1.82) is 0 Å². The smallest absolute Gasteiger partial charge is 0.0548 e. The zero-order valence-corrected chi connectivity index (χ0v) is 82.1. The van der Waals surface area contributed by atoms with E-state index < -0.39 is 0 Å². The Morgan fingerprint density at radius 3 is 0.540 bits per heavy atom. The standard InChI is InChI=1S/3C48H32N2/c1-5-15-33(16-6-1)36-25-26-44-42(32-36)48-46(49(44)39-21-11-4-12-22-39)28-27-45-47(48)41-23-13-14-24-43(41)50(45)40-30-37(34-17-7-2-8-18-34)29-38(31-40)35-19-9-3-10-20-35;1-4-14-33(15-5-1)36-20-12-22-39(30-36)49-43-25-11-10-24-41(43)47-45(49)28-29-46-48(47)42-32-38(35-18-8-3-9-19-35)26-27-44(42)50(46)40-23-13-21-37(31-40)34-16-6-2-7-17-34;1-4-13-33(14-5-1)36-17-12-18-37(31-36)35-23-26-40(27-24-35)50-43-22-11-10-21-41(43)47-45(50)29-30-46-48(47)42-32-38(34-15-6-2-7-16-34)25-28-44(42)49(46)39-19-8-3-9-20-39/h3*1-32H. The van der Waals surface area contributed by atoms with Crippen molar-refractivity contribution in [2.45, 2.75) is 0 Å². The molecule has 702 valence electrons. The Morgan fingerprint density at radius 1 is 0.0800 bits per heavy atom. The van der Waals surface area contributed by atoms with Crippen molar-refractivity contribution >= 4 is 131 Å². The lowest BCUT2D eigenvalue weighted by atomic mass is 9.98. The second-order valence-electron chi connectivity index (χ2n) is 38.9. The zero-order valence-electron chi connectivity index (χ0n) is 82.1. The molecule has 0 aliphatic carbocycles. The molecule has 0 bridgehead atoms. The summed E-state index contributed by atoms with van der Waals surface area (Å²) in [5.74, 6) is 0. The van der Waals surface area contributed by atoms with E-state index in [2.05, 4.69) is 610 Å². The SMILES string of the molecule is c1ccc(-c2cc(-c3ccccc3)cc(-n3c4ccccc4c4c5c6cc(-c7ccccc7)ccc6n(-c6ccccc6)c5ccc43)c2)cc1.c1ccc(-c2cccc(-c3ccc(-n4c5ccccc5c5c6c7cc(-c8ccccc8)ccc7n(-c7ccccc7)c6ccc54)cc3)c2)cc1.c1ccc(-c2cccc(-n3c4ccccc4c4c5c6cc(-c7ccccc7)ccc6n(-c6cccc(-c7ccccc7)c6)c5ccc43)c2)cc1. The summed E-state index contributed by atoms with van der Waals surface area (Å²) in [6.45, 7) is 0. The van der Waals surface area contributed by atoms with Crippen LogP contribution in [-0.2, 0) is 0 Å². The molecule has 150 heavy (non-hydrogen) atoms. The minimum absolute atomic E-state index is 1.15. The molecule has 0 aliphatic heterocycles. The molecule has 0 fully saturated rings. The third kappa shape index (κ3) is 15.4. The summed E-state index contributed by atoms with van der Waals surface area (Å²) in [7, 11) is 0. The van der Waals surface area contributed by atoms with Crippen LogP contribution in [0.3, 0.4) is 0 Å². The molecule has 0 unspecified atom stereocenters. The molecule has 0 N–H and O–H groups in total. The Morgan fingerprint density at radius 2 is 0.247 bits per heavy atom. The number of benzene rings is 24. The highest BCUT2D eigenvalue weighted by molar-refractivity contribution is 6.32. The molecule has 0 atom stereocenters. The van der Waals surface area contributed by atoms with Crippen LogP contribution in [0.5, 0.6) is 0 Å². The van der Waals surface area contributed by atoms with Crippen LogP contribution in [0.2, 0.25) is 0 Å². The zero-order chi connectivity index (χ0) is 99.1. The number of hydrogen-bond donors (Lipinski definition) is 0. The summed E-state index contributed by atoms with van der Waals surface area (Å²) < 4.78 is 14.6. The summed E-state index contributed by atoms with van der Waals surface area (Å²) in [6, 6.07) is 211. The molecule has 24 aromatic carbocycles. The predicted octanol–water partition coefficient (Wildman–Crippen LogP) is 38.6. The van der Waals surface area contributed by atoms with E-state index in [1.807, 2.05) is 0 Å². The number of fused-ring (bicyclic) bond motifs is 21. The largest absolute Gasteiger partial charge is 0.309 e. The van der Waals surface area contributed by atoms with Crippen LogP contribution >= 0.6 is 0 Å². The van der Waals surface area contributed by atoms with E-state index >= 15 is 0 Å². The summed E-state index contributed by atoms with van der Waals surface area (Å²) in [5.41, 5.74) is 43.1. The van der Waals surface area contributed by atoms with E-state index in [4.69, 9.17) is 0 Å². The lowest BCUT2D eigenvalue weighted by Crippen LogP contribution is -1.96. The van der Waals surface area contributed by atoms with E-state index in [1.165, 1.54) is 231 Å². The second kappa shape index (κ2) is 37.4.